The maximum Gasteiger partial charge on any atom is 0.233 e. The fraction of sp³-hybridized carbons (Fsp3) is 0.286. The average Bonchev–Trinajstić information content (AvgIpc) is 2.68. The zero-order valence-corrected chi connectivity index (χ0v) is 15.2. The summed E-state index contributed by atoms with van der Waals surface area (Å²) in [6.07, 6.45) is 4.37. The maximum absolute atomic E-state index is 12.3. The Morgan fingerprint density at radius 3 is 2.24 bits per heavy atom. The molecule has 3 nitrogen and oxygen atoms in total. The minimum absolute atomic E-state index is 0.244. The van der Waals surface area contributed by atoms with Crippen molar-refractivity contribution in [2.75, 3.05) is 38.5 Å². The monoisotopic (exact) mass is 352 g/mol. The van der Waals surface area contributed by atoms with Crippen molar-refractivity contribution in [3.05, 3.63) is 72.3 Å². The van der Waals surface area contributed by atoms with Gasteiger partial charge in [-0.05, 0) is 17.7 Å². The Kier molecular flexibility index (Phi) is 6.71. The third-order valence-electron chi connectivity index (χ3n) is 4.30. The Bertz CT molecular complexity index is 680. The number of rotatable bonds is 6. The van der Waals surface area contributed by atoms with Crippen LogP contribution >= 0.6 is 11.8 Å². The summed E-state index contributed by atoms with van der Waals surface area (Å²) in [7, 11) is 0. The summed E-state index contributed by atoms with van der Waals surface area (Å²) >= 11 is 1.62. The highest BCUT2D eigenvalue weighted by Gasteiger charge is 2.20. The molecule has 130 valence electrons. The van der Waals surface area contributed by atoms with E-state index in [1.54, 1.807) is 11.8 Å². The first-order chi connectivity index (χ1) is 12.3. The molecule has 0 radical (unpaired) electrons. The molecule has 2 aromatic carbocycles. The number of carbonyl (C=O) groups is 1. The lowest BCUT2D eigenvalue weighted by atomic mass is 10.2. The van der Waals surface area contributed by atoms with E-state index in [0.29, 0.717) is 5.75 Å². The Morgan fingerprint density at radius 2 is 1.56 bits per heavy atom. The smallest absolute Gasteiger partial charge is 0.233 e. The second-order valence-electron chi connectivity index (χ2n) is 6.10. The fourth-order valence-electron chi connectivity index (χ4n) is 2.83. The minimum Gasteiger partial charge on any atom is -0.339 e. The van der Waals surface area contributed by atoms with Crippen LogP contribution in [0.1, 0.15) is 5.56 Å². The van der Waals surface area contributed by atoms with E-state index in [0.717, 1.165) is 37.6 Å². The molecule has 4 heteroatoms. The van der Waals surface area contributed by atoms with Gasteiger partial charge < -0.3 is 4.90 Å². The number of hydrogen-bond acceptors (Lipinski definition) is 3. The van der Waals surface area contributed by atoms with E-state index in [-0.39, 0.29) is 5.91 Å². The molecule has 0 spiro atoms. The van der Waals surface area contributed by atoms with E-state index in [2.05, 4.69) is 53.5 Å². The predicted molar refractivity (Wildman–Crippen MR) is 106 cm³/mol. The Labute approximate surface area is 154 Å². The summed E-state index contributed by atoms with van der Waals surface area (Å²) in [6, 6.07) is 20.5. The van der Waals surface area contributed by atoms with Crippen molar-refractivity contribution < 1.29 is 4.79 Å². The van der Waals surface area contributed by atoms with E-state index >= 15 is 0 Å². The summed E-state index contributed by atoms with van der Waals surface area (Å²) in [5, 5.41) is 0. The molecule has 1 saturated heterocycles. The van der Waals surface area contributed by atoms with Crippen molar-refractivity contribution in [2.45, 2.75) is 4.90 Å². The third-order valence-corrected chi connectivity index (χ3v) is 5.30. The highest BCUT2D eigenvalue weighted by atomic mass is 32.2. The summed E-state index contributed by atoms with van der Waals surface area (Å²) < 4.78 is 0. The largest absolute Gasteiger partial charge is 0.339 e. The van der Waals surface area contributed by atoms with Gasteiger partial charge in [0.15, 0.2) is 0 Å². The summed E-state index contributed by atoms with van der Waals surface area (Å²) in [5.41, 5.74) is 1.23. The highest BCUT2D eigenvalue weighted by Crippen LogP contribution is 2.17. The quantitative estimate of drug-likeness (QED) is 0.742. The summed E-state index contributed by atoms with van der Waals surface area (Å²) in [5.74, 6) is 0.770. The Morgan fingerprint density at radius 1 is 0.920 bits per heavy atom. The van der Waals surface area contributed by atoms with Gasteiger partial charge in [-0.25, -0.2) is 0 Å². The van der Waals surface area contributed by atoms with Crippen LogP contribution in [0.25, 0.3) is 6.08 Å². The van der Waals surface area contributed by atoms with Crippen LogP contribution in [0, 0.1) is 0 Å². The van der Waals surface area contributed by atoms with Crippen LogP contribution in [-0.4, -0.2) is 54.2 Å². The van der Waals surface area contributed by atoms with Gasteiger partial charge in [-0.1, -0.05) is 60.7 Å². The van der Waals surface area contributed by atoms with Gasteiger partial charge >= 0.3 is 0 Å². The topological polar surface area (TPSA) is 23.6 Å². The molecule has 0 aliphatic carbocycles. The molecule has 25 heavy (non-hydrogen) atoms. The number of hydrogen-bond donors (Lipinski definition) is 0. The molecule has 1 aliphatic rings. The van der Waals surface area contributed by atoms with Crippen molar-refractivity contribution in [3.63, 3.8) is 0 Å². The lowest BCUT2D eigenvalue weighted by Crippen LogP contribution is -2.49. The number of nitrogens with zero attached hydrogens (tertiary/aromatic N) is 2. The first kappa shape index (κ1) is 17.8. The van der Waals surface area contributed by atoms with Crippen molar-refractivity contribution in [2.24, 2.45) is 0 Å². The number of amides is 1. The standard InChI is InChI=1S/C21H24N2OS/c24-21(18-25-20-11-5-2-6-12-20)23-16-14-22(15-17-23)13-7-10-19-8-3-1-4-9-19/h1-12H,13-18H2. The van der Waals surface area contributed by atoms with Crippen molar-refractivity contribution >= 4 is 23.7 Å². The van der Waals surface area contributed by atoms with Crippen molar-refractivity contribution in [3.8, 4) is 0 Å². The molecule has 0 unspecified atom stereocenters. The van der Waals surface area contributed by atoms with Crippen LogP contribution in [0.3, 0.4) is 0 Å². The normalized spacial score (nSPS) is 15.6. The molecule has 1 heterocycles. The van der Waals surface area contributed by atoms with Gasteiger partial charge in [0.2, 0.25) is 5.91 Å². The highest BCUT2D eigenvalue weighted by molar-refractivity contribution is 8.00. The second kappa shape index (κ2) is 9.44. The van der Waals surface area contributed by atoms with Crippen molar-refractivity contribution in [1.82, 2.24) is 9.80 Å². The maximum atomic E-state index is 12.3. The fourth-order valence-corrected chi connectivity index (χ4v) is 3.66. The van der Waals surface area contributed by atoms with Crippen LogP contribution in [0.5, 0.6) is 0 Å². The van der Waals surface area contributed by atoms with Gasteiger partial charge in [-0.2, -0.15) is 0 Å². The zero-order chi connectivity index (χ0) is 17.3. The number of benzene rings is 2. The molecule has 1 fully saturated rings. The average molecular weight is 353 g/mol. The van der Waals surface area contributed by atoms with Gasteiger partial charge in [0.25, 0.3) is 0 Å². The molecule has 1 amide bonds. The number of piperazine rings is 1. The van der Waals surface area contributed by atoms with Crippen molar-refractivity contribution in [1.29, 1.82) is 0 Å². The van der Waals surface area contributed by atoms with Gasteiger partial charge in [-0.3, -0.25) is 9.69 Å². The molecule has 0 bridgehead atoms. The molecule has 0 N–H and O–H groups in total. The molecule has 1 aliphatic heterocycles. The third kappa shape index (κ3) is 5.76. The first-order valence-electron chi connectivity index (χ1n) is 8.71. The van der Waals surface area contributed by atoms with Crippen LogP contribution in [-0.2, 0) is 4.79 Å². The van der Waals surface area contributed by atoms with Gasteiger partial charge in [0, 0.05) is 37.6 Å². The molecule has 3 rings (SSSR count). The molecular weight excluding hydrogens is 328 g/mol. The lowest BCUT2D eigenvalue weighted by molar-refractivity contribution is -0.129. The number of thioether (sulfide) groups is 1. The van der Waals surface area contributed by atoms with Gasteiger partial charge in [-0.15, -0.1) is 11.8 Å². The van der Waals surface area contributed by atoms with E-state index in [1.165, 1.54) is 5.56 Å². The van der Waals surface area contributed by atoms with E-state index in [4.69, 9.17) is 0 Å². The van der Waals surface area contributed by atoms with Crippen LogP contribution < -0.4 is 0 Å². The summed E-state index contributed by atoms with van der Waals surface area (Å²) in [4.78, 5) is 17.9. The molecule has 2 aromatic rings. The van der Waals surface area contributed by atoms with Crippen LogP contribution in [0.4, 0.5) is 0 Å². The molecule has 0 saturated carbocycles. The Hall–Kier alpha value is -2.04. The molecular formula is C21H24N2OS. The number of carbonyl (C=O) groups excluding carboxylic acids is 1. The van der Waals surface area contributed by atoms with Crippen LogP contribution in [0.15, 0.2) is 71.6 Å². The minimum atomic E-state index is 0.244. The first-order valence-corrected chi connectivity index (χ1v) is 9.69. The molecule has 0 aromatic heterocycles. The van der Waals surface area contributed by atoms with E-state index < -0.39 is 0 Å². The Balaban J connectivity index is 1.38. The lowest BCUT2D eigenvalue weighted by Gasteiger charge is -2.34. The van der Waals surface area contributed by atoms with Crippen LogP contribution in [0.2, 0.25) is 0 Å². The molecule has 0 atom stereocenters. The zero-order valence-electron chi connectivity index (χ0n) is 14.4. The van der Waals surface area contributed by atoms with E-state index in [9.17, 15) is 4.79 Å². The van der Waals surface area contributed by atoms with Gasteiger partial charge in [0.1, 0.15) is 0 Å². The SMILES string of the molecule is O=C(CSc1ccccc1)N1CCN(CC=Cc2ccccc2)CC1. The van der Waals surface area contributed by atoms with E-state index in [1.807, 2.05) is 29.2 Å². The second-order valence-corrected chi connectivity index (χ2v) is 7.14. The summed E-state index contributed by atoms with van der Waals surface area (Å²) in [6.45, 7) is 4.48. The van der Waals surface area contributed by atoms with Gasteiger partial charge in [0.05, 0.1) is 5.75 Å². The predicted octanol–water partition coefficient (Wildman–Crippen LogP) is 3.64.